The molecule has 1 atom stereocenters. The van der Waals surface area contributed by atoms with Gasteiger partial charge in [-0.1, -0.05) is 19.6 Å². The minimum absolute atomic E-state index is 0.108. The van der Waals surface area contributed by atoms with Crippen molar-refractivity contribution in [2.24, 2.45) is 0 Å². The molecule has 2 N–H and O–H groups in total. The van der Waals surface area contributed by atoms with Crippen LogP contribution >= 0.6 is 15.9 Å². The molecule has 0 radical (unpaired) electrons. The Morgan fingerprint density at radius 1 is 1.50 bits per heavy atom. The average molecular weight is 344 g/mol. The fraction of sp³-hybridized carbons (Fsp3) is 0.467. The molecule has 0 aliphatic heterocycles. The summed E-state index contributed by atoms with van der Waals surface area (Å²) in [6.07, 6.45) is 2.57. The molecule has 0 saturated carbocycles. The van der Waals surface area contributed by atoms with Gasteiger partial charge in [-0.25, -0.2) is 0 Å². The quantitative estimate of drug-likeness (QED) is 0.677. The normalized spacial score (nSPS) is 12.0. The summed E-state index contributed by atoms with van der Waals surface area (Å²) in [5.41, 5.74) is 1.06. The Kier molecular flexibility index (Phi) is 7.65. The Morgan fingerprint density at radius 2 is 2.25 bits per heavy atom. The number of benzene rings is 1. The molecule has 1 aromatic rings. The largest absolute Gasteiger partial charge is 0.493 e. The molecule has 0 spiro atoms. The Bertz CT molecular complexity index is 433. The van der Waals surface area contributed by atoms with Crippen molar-refractivity contribution >= 4 is 15.9 Å². The van der Waals surface area contributed by atoms with E-state index in [2.05, 4.69) is 27.8 Å². The fourth-order valence-electron chi connectivity index (χ4n) is 1.76. The first kappa shape index (κ1) is 17.0. The predicted octanol–water partition coefficient (Wildman–Crippen LogP) is 2.88. The van der Waals surface area contributed by atoms with E-state index in [1.54, 1.807) is 13.2 Å². The van der Waals surface area contributed by atoms with Crippen molar-refractivity contribution in [3.05, 3.63) is 34.8 Å². The van der Waals surface area contributed by atoms with Crippen molar-refractivity contribution in [2.45, 2.75) is 25.9 Å². The van der Waals surface area contributed by atoms with E-state index in [0.29, 0.717) is 24.7 Å². The highest BCUT2D eigenvalue weighted by Crippen LogP contribution is 2.36. The van der Waals surface area contributed by atoms with E-state index in [0.717, 1.165) is 16.5 Å². The number of nitrogens with one attached hydrogen (secondary N) is 1. The number of rotatable bonds is 9. The minimum atomic E-state index is 0.108. The van der Waals surface area contributed by atoms with Gasteiger partial charge in [0.15, 0.2) is 11.5 Å². The average Bonchev–Trinajstić information content (AvgIpc) is 2.46. The fourth-order valence-corrected chi connectivity index (χ4v) is 2.36. The van der Waals surface area contributed by atoms with Crippen molar-refractivity contribution < 1.29 is 14.6 Å². The Balaban J connectivity index is 2.84. The Labute approximate surface area is 128 Å². The van der Waals surface area contributed by atoms with Crippen molar-refractivity contribution in [1.29, 1.82) is 0 Å². The highest BCUT2D eigenvalue weighted by atomic mass is 79.9. The predicted molar refractivity (Wildman–Crippen MR) is 84.4 cm³/mol. The van der Waals surface area contributed by atoms with Crippen LogP contribution in [0.5, 0.6) is 11.5 Å². The van der Waals surface area contributed by atoms with Gasteiger partial charge in [-0.05, 0) is 40.0 Å². The number of aliphatic hydroxyl groups excluding tert-OH is 1. The molecule has 0 heterocycles. The maximum Gasteiger partial charge on any atom is 0.175 e. The lowest BCUT2D eigenvalue weighted by Crippen LogP contribution is -2.31. The van der Waals surface area contributed by atoms with Crippen LogP contribution in [0.3, 0.4) is 0 Å². The Morgan fingerprint density at radius 3 is 2.80 bits per heavy atom. The zero-order valence-corrected chi connectivity index (χ0v) is 13.6. The summed E-state index contributed by atoms with van der Waals surface area (Å²) in [5.74, 6) is 1.35. The van der Waals surface area contributed by atoms with E-state index in [1.165, 1.54) is 0 Å². The molecule has 0 saturated heterocycles. The molecule has 0 aromatic heterocycles. The van der Waals surface area contributed by atoms with E-state index in [9.17, 15) is 5.11 Å². The molecule has 1 rings (SSSR count). The van der Waals surface area contributed by atoms with E-state index >= 15 is 0 Å². The number of methoxy groups -OCH3 is 1. The van der Waals surface area contributed by atoms with Gasteiger partial charge in [0.2, 0.25) is 0 Å². The second kappa shape index (κ2) is 9.00. The van der Waals surface area contributed by atoms with Crippen molar-refractivity contribution in [3.63, 3.8) is 0 Å². The summed E-state index contributed by atoms with van der Waals surface area (Å²) in [7, 11) is 1.61. The highest BCUT2D eigenvalue weighted by Gasteiger charge is 2.12. The highest BCUT2D eigenvalue weighted by molar-refractivity contribution is 9.10. The van der Waals surface area contributed by atoms with E-state index in [-0.39, 0.29) is 12.6 Å². The molecule has 0 amide bonds. The van der Waals surface area contributed by atoms with Crippen LogP contribution in [-0.2, 0) is 6.54 Å². The summed E-state index contributed by atoms with van der Waals surface area (Å²) in [4.78, 5) is 0. The third-order valence-electron chi connectivity index (χ3n) is 2.94. The maximum atomic E-state index is 9.17. The van der Waals surface area contributed by atoms with Gasteiger partial charge in [-0.3, -0.25) is 0 Å². The molecule has 0 aliphatic rings. The second-order valence-corrected chi connectivity index (χ2v) is 5.23. The van der Waals surface area contributed by atoms with Gasteiger partial charge in [0, 0.05) is 12.6 Å². The molecule has 0 fully saturated rings. The number of hydrogen-bond donors (Lipinski definition) is 2. The lowest BCUT2D eigenvalue weighted by Gasteiger charge is -2.16. The zero-order chi connectivity index (χ0) is 15.0. The molecule has 0 aliphatic carbocycles. The van der Waals surface area contributed by atoms with E-state index < -0.39 is 0 Å². The van der Waals surface area contributed by atoms with Gasteiger partial charge in [0.05, 0.1) is 18.2 Å². The first-order chi connectivity index (χ1) is 9.65. The minimum Gasteiger partial charge on any atom is -0.493 e. The van der Waals surface area contributed by atoms with Crippen LogP contribution in [0.4, 0.5) is 0 Å². The van der Waals surface area contributed by atoms with Gasteiger partial charge in [0.25, 0.3) is 0 Å². The van der Waals surface area contributed by atoms with Crippen LogP contribution in [0.1, 0.15) is 18.9 Å². The number of hydrogen-bond acceptors (Lipinski definition) is 4. The van der Waals surface area contributed by atoms with Crippen LogP contribution in [0.25, 0.3) is 0 Å². The summed E-state index contributed by atoms with van der Waals surface area (Å²) in [6, 6.07) is 4.02. The number of aliphatic hydroxyl groups is 1. The van der Waals surface area contributed by atoms with Gasteiger partial charge in [-0.15, -0.1) is 0 Å². The van der Waals surface area contributed by atoms with Gasteiger partial charge in [0.1, 0.15) is 6.61 Å². The summed E-state index contributed by atoms with van der Waals surface area (Å²) in [6.45, 7) is 6.89. The molecule has 1 unspecified atom stereocenters. The number of ether oxygens (including phenoxy) is 2. The SMILES string of the molecule is C=CCOc1c(Br)cc(CNC(CC)CO)cc1OC. The first-order valence-corrected chi connectivity index (χ1v) is 7.39. The lowest BCUT2D eigenvalue weighted by molar-refractivity contribution is 0.238. The molecule has 20 heavy (non-hydrogen) atoms. The molecular weight excluding hydrogens is 322 g/mol. The summed E-state index contributed by atoms with van der Waals surface area (Å²) >= 11 is 3.49. The third kappa shape index (κ3) is 4.81. The van der Waals surface area contributed by atoms with Crippen LogP contribution in [0, 0.1) is 0 Å². The van der Waals surface area contributed by atoms with E-state index in [4.69, 9.17) is 9.47 Å². The second-order valence-electron chi connectivity index (χ2n) is 4.38. The zero-order valence-electron chi connectivity index (χ0n) is 12.0. The molecule has 5 heteroatoms. The third-order valence-corrected chi connectivity index (χ3v) is 3.53. The van der Waals surface area contributed by atoms with Crippen LogP contribution in [0.2, 0.25) is 0 Å². The van der Waals surface area contributed by atoms with Gasteiger partial charge >= 0.3 is 0 Å². The smallest absolute Gasteiger partial charge is 0.175 e. The lowest BCUT2D eigenvalue weighted by atomic mass is 10.1. The summed E-state index contributed by atoms with van der Waals surface area (Å²) in [5, 5.41) is 12.5. The number of halogens is 1. The van der Waals surface area contributed by atoms with Crippen LogP contribution in [-0.4, -0.2) is 31.5 Å². The first-order valence-electron chi connectivity index (χ1n) is 6.60. The van der Waals surface area contributed by atoms with Crippen molar-refractivity contribution in [3.8, 4) is 11.5 Å². The molecule has 0 bridgehead atoms. The monoisotopic (exact) mass is 343 g/mol. The van der Waals surface area contributed by atoms with Gasteiger partial charge < -0.3 is 19.9 Å². The summed E-state index contributed by atoms with van der Waals surface area (Å²) < 4.78 is 11.8. The molecule has 4 nitrogen and oxygen atoms in total. The van der Waals surface area contributed by atoms with E-state index in [1.807, 2.05) is 19.1 Å². The standard InChI is InChI=1S/C15H22BrNO3/c1-4-6-20-15-13(16)7-11(8-14(15)19-3)9-17-12(5-2)10-18/h4,7-8,12,17-18H,1,5-6,9-10H2,2-3H3. The Hall–Kier alpha value is -1.04. The molecule has 112 valence electrons. The van der Waals surface area contributed by atoms with Gasteiger partial charge in [-0.2, -0.15) is 0 Å². The van der Waals surface area contributed by atoms with Crippen LogP contribution in [0.15, 0.2) is 29.3 Å². The maximum absolute atomic E-state index is 9.17. The topological polar surface area (TPSA) is 50.7 Å². The van der Waals surface area contributed by atoms with Crippen molar-refractivity contribution in [2.75, 3.05) is 20.3 Å². The van der Waals surface area contributed by atoms with Crippen molar-refractivity contribution in [1.82, 2.24) is 5.32 Å². The van der Waals surface area contributed by atoms with Crippen LogP contribution < -0.4 is 14.8 Å². The molecule has 1 aromatic carbocycles. The molecular formula is C15H22BrNO3.